The maximum atomic E-state index is 13.0. The number of nitrogens with one attached hydrogen (secondary N) is 1. The van der Waals surface area contributed by atoms with E-state index in [0.717, 1.165) is 18.4 Å². The zero-order valence-corrected chi connectivity index (χ0v) is 14.3. The molecular formula is C18H17FN2O3S. The lowest BCUT2D eigenvalue weighted by molar-refractivity contribution is -0.132. The molecule has 1 fully saturated rings. The van der Waals surface area contributed by atoms with Crippen molar-refractivity contribution in [2.45, 2.75) is 24.8 Å². The number of thiophene rings is 1. The van der Waals surface area contributed by atoms with Gasteiger partial charge in [-0.05, 0) is 55.0 Å². The lowest BCUT2D eigenvalue weighted by Crippen LogP contribution is -2.46. The van der Waals surface area contributed by atoms with Gasteiger partial charge in [-0.15, -0.1) is 11.3 Å². The molecule has 5 nitrogen and oxygen atoms in total. The number of hydrogen-bond acceptors (Lipinski definition) is 4. The predicted octanol–water partition coefficient (Wildman–Crippen LogP) is 3.05. The maximum absolute atomic E-state index is 13.0. The molecule has 1 saturated heterocycles. The monoisotopic (exact) mass is 360 g/mol. The van der Waals surface area contributed by atoms with Crippen LogP contribution in [0.4, 0.5) is 9.18 Å². The number of fused-ring (bicyclic) bond motifs is 2. The summed E-state index contributed by atoms with van der Waals surface area (Å²) >= 11 is 1.63. The molecule has 2 aromatic rings. The first kappa shape index (κ1) is 16.1. The number of carbonyl (C=O) groups excluding carboxylic acids is 2. The highest BCUT2D eigenvalue weighted by atomic mass is 32.1. The third-order valence-electron chi connectivity index (χ3n) is 4.73. The first-order valence-electron chi connectivity index (χ1n) is 8.19. The van der Waals surface area contributed by atoms with Crippen LogP contribution in [0.15, 0.2) is 35.7 Å². The second-order valence-corrected chi connectivity index (χ2v) is 7.21. The van der Waals surface area contributed by atoms with Crippen molar-refractivity contribution < 1.29 is 18.7 Å². The van der Waals surface area contributed by atoms with E-state index < -0.39 is 5.54 Å². The molecule has 1 atom stereocenters. The van der Waals surface area contributed by atoms with Gasteiger partial charge in [0.1, 0.15) is 23.7 Å². The molecule has 0 radical (unpaired) electrons. The molecule has 3 amide bonds. The maximum Gasteiger partial charge on any atom is 0.325 e. The summed E-state index contributed by atoms with van der Waals surface area (Å²) in [7, 11) is 0. The van der Waals surface area contributed by atoms with E-state index in [9.17, 15) is 14.0 Å². The van der Waals surface area contributed by atoms with Crippen LogP contribution >= 0.6 is 11.3 Å². The number of ether oxygens (including phenoxy) is 1. The summed E-state index contributed by atoms with van der Waals surface area (Å²) in [6.45, 7) is 0.320. The number of nitrogens with zero attached hydrogens (tertiary/aromatic N) is 1. The van der Waals surface area contributed by atoms with Crippen LogP contribution in [0.2, 0.25) is 0 Å². The molecule has 0 saturated carbocycles. The fourth-order valence-corrected chi connectivity index (χ4v) is 4.53. The van der Waals surface area contributed by atoms with Crippen molar-refractivity contribution in [2.24, 2.45) is 0 Å². The molecule has 1 aliphatic heterocycles. The second-order valence-electron chi connectivity index (χ2n) is 6.21. The lowest BCUT2D eigenvalue weighted by atomic mass is 9.80. The van der Waals surface area contributed by atoms with Gasteiger partial charge in [0.05, 0.1) is 6.54 Å². The van der Waals surface area contributed by atoms with E-state index in [0.29, 0.717) is 12.2 Å². The molecule has 1 N–H and O–H groups in total. The Morgan fingerprint density at radius 3 is 2.84 bits per heavy atom. The topological polar surface area (TPSA) is 58.6 Å². The van der Waals surface area contributed by atoms with E-state index in [4.69, 9.17) is 4.74 Å². The van der Waals surface area contributed by atoms with Gasteiger partial charge in [-0.3, -0.25) is 9.69 Å². The molecule has 2 heterocycles. The van der Waals surface area contributed by atoms with Crippen molar-refractivity contribution >= 4 is 23.3 Å². The lowest BCUT2D eigenvalue weighted by Gasteiger charge is -2.31. The Morgan fingerprint density at radius 1 is 1.24 bits per heavy atom. The zero-order chi connectivity index (χ0) is 17.4. The van der Waals surface area contributed by atoms with Crippen molar-refractivity contribution in [1.29, 1.82) is 0 Å². The minimum absolute atomic E-state index is 0.156. The minimum Gasteiger partial charge on any atom is -0.492 e. The summed E-state index contributed by atoms with van der Waals surface area (Å²) in [4.78, 5) is 27.7. The van der Waals surface area contributed by atoms with E-state index in [1.54, 1.807) is 11.3 Å². The van der Waals surface area contributed by atoms with Crippen LogP contribution < -0.4 is 10.1 Å². The molecular weight excluding hydrogens is 343 g/mol. The highest BCUT2D eigenvalue weighted by molar-refractivity contribution is 7.10. The van der Waals surface area contributed by atoms with Gasteiger partial charge in [0, 0.05) is 10.4 Å². The highest BCUT2D eigenvalue weighted by Crippen LogP contribution is 2.41. The van der Waals surface area contributed by atoms with Crippen LogP contribution in [0.25, 0.3) is 0 Å². The van der Waals surface area contributed by atoms with E-state index in [1.165, 1.54) is 34.0 Å². The van der Waals surface area contributed by atoms with Gasteiger partial charge in [-0.25, -0.2) is 9.18 Å². The molecule has 4 rings (SSSR count). The Kier molecular flexibility index (Phi) is 3.95. The van der Waals surface area contributed by atoms with Crippen LogP contribution in [0.1, 0.15) is 23.3 Å². The molecule has 1 spiro atoms. The largest absolute Gasteiger partial charge is 0.492 e. The van der Waals surface area contributed by atoms with Crippen LogP contribution in [0.5, 0.6) is 5.75 Å². The molecule has 1 aromatic heterocycles. The van der Waals surface area contributed by atoms with Crippen LogP contribution in [0.3, 0.4) is 0 Å². The molecule has 0 unspecified atom stereocenters. The van der Waals surface area contributed by atoms with Gasteiger partial charge in [0.2, 0.25) is 0 Å². The molecule has 0 bridgehead atoms. The van der Waals surface area contributed by atoms with Gasteiger partial charge in [-0.2, -0.15) is 0 Å². The van der Waals surface area contributed by atoms with Gasteiger partial charge < -0.3 is 10.1 Å². The molecule has 130 valence electrons. The number of imide groups is 1. The van der Waals surface area contributed by atoms with Crippen LogP contribution in [-0.4, -0.2) is 30.0 Å². The Morgan fingerprint density at radius 2 is 2.04 bits per heavy atom. The van der Waals surface area contributed by atoms with E-state index in [1.807, 2.05) is 11.4 Å². The van der Waals surface area contributed by atoms with Crippen molar-refractivity contribution in [1.82, 2.24) is 10.2 Å². The number of carbonyl (C=O) groups is 2. The fourth-order valence-electron chi connectivity index (χ4n) is 3.53. The van der Waals surface area contributed by atoms with Gasteiger partial charge >= 0.3 is 6.03 Å². The van der Waals surface area contributed by atoms with Crippen molar-refractivity contribution in [3.05, 3.63) is 52.0 Å². The number of hydrogen-bond donors (Lipinski definition) is 1. The number of urea groups is 1. The van der Waals surface area contributed by atoms with Gasteiger partial charge in [-0.1, -0.05) is 0 Å². The zero-order valence-electron chi connectivity index (χ0n) is 13.5. The SMILES string of the molecule is O=C1N[C@@]2(CCCc3sccc32)C(=O)N1CCOc1ccc(F)cc1. The van der Waals surface area contributed by atoms with Crippen LogP contribution in [-0.2, 0) is 16.8 Å². The minimum atomic E-state index is -0.916. The third kappa shape index (κ3) is 2.68. The number of amides is 3. The number of rotatable bonds is 4. The number of halogens is 1. The Bertz CT molecular complexity index is 820. The normalized spacial score (nSPS) is 22.2. The summed E-state index contributed by atoms with van der Waals surface area (Å²) in [5.41, 5.74) is 0.0182. The quantitative estimate of drug-likeness (QED) is 0.853. The van der Waals surface area contributed by atoms with E-state index in [2.05, 4.69) is 5.32 Å². The summed E-state index contributed by atoms with van der Waals surface area (Å²) < 4.78 is 18.4. The number of aryl methyl sites for hydroxylation is 1. The summed E-state index contributed by atoms with van der Waals surface area (Å²) in [5.74, 6) is -0.0484. The first-order valence-corrected chi connectivity index (χ1v) is 9.07. The average Bonchev–Trinajstić information content (AvgIpc) is 3.17. The Labute approximate surface area is 148 Å². The highest BCUT2D eigenvalue weighted by Gasteiger charge is 2.54. The van der Waals surface area contributed by atoms with Crippen LogP contribution in [0, 0.1) is 5.82 Å². The third-order valence-corrected chi connectivity index (χ3v) is 5.71. The average molecular weight is 360 g/mol. The van der Waals surface area contributed by atoms with E-state index >= 15 is 0 Å². The molecule has 7 heteroatoms. The predicted molar refractivity (Wildman–Crippen MR) is 91.1 cm³/mol. The second kappa shape index (κ2) is 6.15. The van der Waals surface area contributed by atoms with Crippen molar-refractivity contribution in [3.63, 3.8) is 0 Å². The van der Waals surface area contributed by atoms with E-state index in [-0.39, 0.29) is 30.9 Å². The molecule has 2 aliphatic rings. The standard InChI is InChI=1S/C18H17FN2O3S/c19-12-3-5-13(6-4-12)24-10-9-21-16(22)18(20-17(21)23)8-1-2-15-14(18)7-11-25-15/h3-7,11H,1-2,8-10H2,(H,20,23)/t18-/m1/s1. The first-order chi connectivity index (χ1) is 12.1. The number of benzene rings is 1. The van der Waals surface area contributed by atoms with Crippen molar-refractivity contribution in [3.8, 4) is 5.75 Å². The fraction of sp³-hybridized carbons (Fsp3) is 0.333. The Balaban J connectivity index is 1.46. The summed E-state index contributed by atoms with van der Waals surface area (Å²) in [5, 5.41) is 4.88. The molecule has 1 aromatic carbocycles. The molecule has 1 aliphatic carbocycles. The summed E-state index contributed by atoms with van der Waals surface area (Å²) in [6, 6.07) is 7.20. The Hall–Kier alpha value is -2.41. The molecule has 25 heavy (non-hydrogen) atoms. The smallest absolute Gasteiger partial charge is 0.325 e. The van der Waals surface area contributed by atoms with Gasteiger partial charge in [0.25, 0.3) is 5.91 Å². The van der Waals surface area contributed by atoms with Crippen molar-refractivity contribution in [2.75, 3.05) is 13.2 Å². The van der Waals surface area contributed by atoms with Gasteiger partial charge in [0.15, 0.2) is 0 Å². The summed E-state index contributed by atoms with van der Waals surface area (Å²) in [6.07, 6.45) is 2.45.